The van der Waals surface area contributed by atoms with E-state index in [9.17, 15) is 13.2 Å². The number of carbonyl (C=O) groups excluding carboxylic acids is 1. The summed E-state index contributed by atoms with van der Waals surface area (Å²) in [5.41, 5.74) is 3.66. The van der Waals surface area contributed by atoms with Crippen molar-refractivity contribution >= 4 is 33.2 Å². The summed E-state index contributed by atoms with van der Waals surface area (Å²) >= 11 is 6.27. The molecule has 2 aliphatic rings. The van der Waals surface area contributed by atoms with Crippen LogP contribution in [-0.4, -0.2) is 42.9 Å². The van der Waals surface area contributed by atoms with Gasteiger partial charge in [0.2, 0.25) is 0 Å². The quantitative estimate of drug-likeness (QED) is 0.735. The van der Waals surface area contributed by atoms with Crippen LogP contribution in [-0.2, 0) is 16.4 Å². The molecule has 0 spiro atoms. The van der Waals surface area contributed by atoms with Gasteiger partial charge in [0.1, 0.15) is 0 Å². The molecule has 4 rings (SSSR count). The van der Waals surface area contributed by atoms with E-state index in [1.54, 1.807) is 15.9 Å². The van der Waals surface area contributed by atoms with E-state index >= 15 is 0 Å². The second kappa shape index (κ2) is 6.53. The second-order valence-corrected chi connectivity index (χ2v) is 9.99. The zero-order chi connectivity index (χ0) is 19.3. The molecule has 0 aromatic heterocycles. The highest BCUT2D eigenvalue weighted by atomic mass is 35.5. The number of hydrogen-bond donors (Lipinski definition) is 0. The number of hydrogen-bond acceptors (Lipinski definition) is 3. The number of nitrogens with zero attached hydrogens (tertiary/aromatic N) is 2. The SMILES string of the molecule is Cc1cc(C)cc(N2C(=O)N(Cc3ccccc3Cl)[C@@H]3CS(=O)(=O)C[C@@H]32)c1. The molecule has 0 N–H and O–H groups in total. The molecule has 0 bridgehead atoms. The Morgan fingerprint density at radius 2 is 1.67 bits per heavy atom. The van der Waals surface area contributed by atoms with Crippen molar-refractivity contribution in [2.45, 2.75) is 32.5 Å². The van der Waals surface area contributed by atoms with Crippen LogP contribution in [0.3, 0.4) is 0 Å². The first-order valence-corrected chi connectivity index (χ1v) is 11.1. The fraction of sp³-hybridized carbons (Fsp3) is 0.350. The van der Waals surface area contributed by atoms with Crippen molar-refractivity contribution in [1.82, 2.24) is 4.90 Å². The maximum atomic E-state index is 13.3. The van der Waals surface area contributed by atoms with Crippen LogP contribution >= 0.6 is 11.6 Å². The molecule has 0 aliphatic carbocycles. The van der Waals surface area contributed by atoms with Gasteiger partial charge in [0.15, 0.2) is 9.84 Å². The lowest BCUT2D eigenvalue weighted by molar-refractivity contribution is 0.206. The Balaban J connectivity index is 1.75. The van der Waals surface area contributed by atoms with Crippen LogP contribution in [0.25, 0.3) is 0 Å². The maximum Gasteiger partial charge on any atom is 0.325 e. The van der Waals surface area contributed by atoms with Crippen LogP contribution in [0.2, 0.25) is 5.02 Å². The summed E-state index contributed by atoms with van der Waals surface area (Å²) in [6, 6.07) is 12.4. The van der Waals surface area contributed by atoms with Crippen LogP contribution in [0, 0.1) is 13.8 Å². The molecule has 142 valence electrons. The normalized spacial score (nSPS) is 23.7. The number of benzene rings is 2. The first kappa shape index (κ1) is 18.3. The molecule has 2 atom stereocenters. The van der Waals surface area contributed by atoms with Crippen LogP contribution in [0.5, 0.6) is 0 Å². The Labute approximate surface area is 164 Å². The van der Waals surface area contributed by atoms with Gasteiger partial charge in [-0.15, -0.1) is 0 Å². The van der Waals surface area contributed by atoms with Crippen molar-refractivity contribution in [2.24, 2.45) is 0 Å². The summed E-state index contributed by atoms with van der Waals surface area (Å²) < 4.78 is 24.7. The number of rotatable bonds is 3. The maximum absolute atomic E-state index is 13.3. The van der Waals surface area contributed by atoms with Crippen molar-refractivity contribution in [1.29, 1.82) is 0 Å². The lowest BCUT2D eigenvalue weighted by Gasteiger charge is -2.23. The summed E-state index contributed by atoms with van der Waals surface area (Å²) in [5, 5.41) is 0.576. The topological polar surface area (TPSA) is 57.7 Å². The van der Waals surface area contributed by atoms with E-state index in [0.29, 0.717) is 11.6 Å². The molecule has 2 heterocycles. The monoisotopic (exact) mass is 404 g/mol. The molecule has 2 aromatic carbocycles. The number of halogens is 1. The van der Waals surface area contributed by atoms with Gasteiger partial charge in [-0.1, -0.05) is 35.9 Å². The highest BCUT2D eigenvalue weighted by Crippen LogP contribution is 2.37. The predicted octanol–water partition coefficient (Wildman–Crippen LogP) is 3.56. The van der Waals surface area contributed by atoms with Crippen LogP contribution in [0.4, 0.5) is 10.5 Å². The summed E-state index contributed by atoms with van der Waals surface area (Å²) in [6.07, 6.45) is 0. The van der Waals surface area contributed by atoms with E-state index in [2.05, 4.69) is 0 Å². The molecule has 2 aromatic rings. The Kier molecular flexibility index (Phi) is 4.43. The Morgan fingerprint density at radius 3 is 2.33 bits per heavy atom. The minimum Gasteiger partial charge on any atom is -0.314 e. The van der Waals surface area contributed by atoms with Crippen LogP contribution in [0.15, 0.2) is 42.5 Å². The molecule has 2 fully saturated rings. The van der Waals surface area contributed by atoms with Gasteiger partial charge in [0.05, 0.1) is 23.6 Å². The molecule has 0 unspecified atom stereocenters. The zero-order valence-corrected chi connectivity index (χ0v) is 16.8. The number of aryl methyl sites for hydroxylation is 2. The first-order chi connectivity index (χ1) is 12.7. The molecular weight excluding hydrogens is 384 g/mol. The summed E-state index contributed by atoms with van der Waals surface area (Å²) in [7, 11) is -3.19. The van der Waals surface area contributed by atoms with E-state index in [-0.39, 0.29) is 29.6 Å². The largest absolute Gasteiger partial charge is 0.325 e. The van der Waals surface area contributed by atoms with Crippen molar-refractivity contribution < 1.29 is 13.2 Å². The summed E-state index contributed by atoms with van der Waals surface area (Å²) in [5.74, 6) is -0.00935. The first-order valence-electron chi connectivity index (χ1n) is 8.87. The van der Waals surface area contributed by atoms with Gasteiger partial charge in [-0.25, -0.2) is 13.2 Å². The molecular formula is C20H21ClN2O3S. The second-order valence-electron chi connectivity index (χ2n) is 7.43. The zero-order valence-electron chi connectivity index (χ0n) is 15.2. The molecule has 0 radical (unpaired) electrons. The van der Waals surface area contributed by atoms with Gasteiger partial charge in [-0.05, 0) is 48.7 Å². The summed E-state index contributed by atoms with van der Waals surface area (Å²) in [6.45, 7) is 4.25. The Bertz CT molecular complexity index is 1000. The van der Waals surface area contributed by atoms with E-state index in [1.165, 1.54) is 0 Å². The molecule has 7 heteroatoms. The highest BCUT2D eigenvalue weighted by molar-refractivity contribution is 7.91. The summed E-state index contributed by atoms with van der Waals surface area (Å²) in [4.78, 5) is 16.6. The fourth-order valence-corrected chi connectivity index (χ4v) is 6.31. The molecule has 27 heavy (non-hydrogen) atoms. The number of fused-ring (bicyclic) bond motifs is 1. The number of anilines is 1. The lowest BCUT2D eigenvalue weighted by Crippen LogP contribution is -2.37. The standard InChI is InChI=1S/C20H21ClN2O3S/c1-13-7-14(2)9-16(8-13)23-19-12-27(25,26)11-18(19)22(20(23)24)10-15-5-3-4-6-17(15)21/h3-9,18-19H,10-12H2,1-2H3/t18-,19+/m1/s1. The third-order valence-corrected chi connectivity index (χ3v) is 7.33. The minimum atomic E-state index is -3.19. The van der Waals surface area contributed by atoms with E-state index in [4.69, 9.17) is 11.6 Å². The third-order valence-electron chi connectivity index (χ3n) is 5.26. The van der Waals surface area contributed by atoms with Gasteiger partial charge >= 0.3 is 6.03 Å². The average molecular weight is 405 g/mol. The molecule has 2 saturated heterocycles. The van der Waals surface area contributed by atoms with Crippen molar-refractivity contribution in [3.05, 3.63) is 64.2 Å². The number of sulfone groups is 1. The van der Waals surface area contributed by atoms with E-state index in [1.807, 2.05) is 50.2 Å². The van der Waals surface area contributed by atoms with Crippen LogP contribution < -0.4 is 4.90 Å². The van der Waals surface area contributed by atoms with Crippen molar-refractivity contribution in [2.75, 3.05) is 16.4 Å². The van der Waals surface area contributed by atoms with Crippen LogP contribution in [0.1, 0.15) is 16.7 Å². The lowest BCUT2D eigenvalue weighted by atomic mass is 10.1. The van der Waals surface area contributed by atoms with Gasteiger partial charge in [0, 0.05) is 17.3 Å². The average Bonchev–Trinajstić information content (AvgIpc) is 2.99. The van der Waals surface area contributed by atoms with Gasteiger partial charge in [-0.2, -0.15) is 0 Å². The molecule has 0 saturated carbocycles. The van der Waals surface area contributed by atoms with E-state index < -0.39 is 9.84 Å². The van der Waals surface area contributed by atoms with Gasteiger partial charge < -0.3 is 4.90 Å². The van der Waals surface area contributed by atoms with Gasteiger partial charge in [0.25, 0.3) is 0 Å². The van der Waals surface area contributed by atoms with Gasteiger partial charge in [-0.3, -0.25) is 4.90 Å². The highest BCUT2D eigenvalue weighted by Gasteiger charge is 2.53. The number of amides is 2. The van der Waals surface area contributed by atoms with Crippen molar-refractivity contribution in [3.8, 4) is 0 Å². The minimum absolute atomic E-state index is 0.00455. The predicted molar refractivity (Wildman–Crippen MR) is 107 cm³/mol. The number of carbonyl (C=O) groups is 1. The smallest absolute Gasteiger partial charge is 0.314 e. The number of urea groups is 1. The molecule has 5 nitrogen and oxygen atoms in total. The van der Waals surface area contributed by atoms with E-state index in [0.717, 1.165) is 22.4 Å². The Hall–Kier alpha value is -2.05. The van der Waals surface area contributed by atoms with Crippen molar-refractivity contribution in [3.63, 3.8) is 0 Å². The molecule has 2 aliphatic heterocycles. The third kappa shape index (κ3) is 3.32. The molecule has 2 amide bonds. The fourth-order valence-electron chi connectivity index (χ4n) is 4.16. The Morgan fingerprint density at radius 1 is 1.04 bits per heavy atom.